The summed E-state index contributed by atoms with van der Waals surface area (Å²) in [6.45, 7) is 0. The molecule has 3 heteroatoms. The highest BCUT2D eigenvalue weighted by Gasteiger charge is 2.19. The van der Waals surface area contributed by atoms with E-state index in [0.717, 1.165) is 72.5 Å². The summed E-state index contributed by atoms with van der Waals surface area (Å²) in [6.07, 6.45) is 0. The van der Waals surface area contributed by atoms with Crippen molar-refractivity contribution in [3.05, 3.63) is 243 Å². The molecule has 0 saturated carbocycles. The van der Waals surface area contributed by atoms with Crippen LogP contribution in [0, 0.1) is 0 Å². The predicted molar refractivity (Wildman–Crippen MR) is 264 cm³/mol. The van der Waals surface area contributed by atoms with Crippen LogP contribution in [0.4, 0.5) is 17.1 Å². The molecule has 3 nitrogen and oxygen atoms in total. The summed E-state index contributed by atoms with van der Waals surface area (Å²) in [5.41, 5.74) is 17.7. The minimum atomic E-state index is 0.897. The Morgan fingerprint density at radius 3 is 1.54 bits per heavy atom. The molecule has 0 aliphatic rings. The number of hydrogen-bond donors (Lipinski definition) is 0. The Balaban J connectivity index is 0.948. The third-order valence-corrected chi connectivity index (χ3v) is 12.4. The maximum absolute atomic E-state index is 6.51. The SMILES string of the molecule is c1ccc(-c2cccc(N(c3ccc(-c4cccc(-c5ccccc5-n5c6ccccc6c6ccccc65)c4)cc3)c3cccc(-c4cccc5c4oc4ccccc45)c3)c2)cc1. The maximum Gasteiger partial charge on any atom is 0.143 e. The molecular weight excluding hydrogens is 765 g/mol. The quantitative estimate of drug-likeness (QED) is 0.153. The van der Waals surface area contributed by atoms with E-state index in [-0.39, 0.29) is 0 Å². The average molecular weight is 805 g/mol. The van der Waals surface area contributed by atoms with Gasteiger partial charge in [-0.25, -0.2) is 0 Å². The molecule has 2 heterocycles. The summed E-state index contributed by atoms with van der Waals surface area (Å²) >= 11 is 0. The van der Waals surface area contributed by atoms with Crippen LogP contribution in [0.5, 0.6) is 0 Å². The van der Waals surface area contributed by atoms with E-state index in [1.54, 1.807) is 0 Å². The van der Waals surface area contributed by atoms with E-state index in [4.69, 9.17) is 4.42 Å². The third kappa shape index (κ3) is 6.38. The van der Waals surface area contributed by atoms with Gasteiger partial charge in [-0.3, -0.25) is 0 Å². The highest BCUT2D eigenvalue weighted by molar-refractivity contribution is 6.11. The molecule has 0 aliphatic carbocycles. The lowest BCUT2D eigenvalue weighted by atomic mass is 9.97. The zero-order valence-electron chi connectivity index (χ0n) is 34.4. The Bertz CT molecular complexity index is 3580. The Kier molecular flexibility index (Phi) is 8.83. The highest BCUT2D eigenvalue weighted by Crippen LogP contribution is 2.42. The number of hydrogen-bond acceptors (Lipinski definition) is 2. The molecule has 2 aromatic heterocycles. The fourth-order valence-corrected chi connectivity index (χ4v) is 9.45. The van der Waals surface area contributed by atoms with Crippen molar-refractivity contribution in [3.63, 3.8) is 0 Å². The van der Waals surface area contributed by atoms with Crippen LogP contribution >= 0.6 is 0 Å². The molecule has 0 radical (unpaired) electrons. The second-order valence-electron chi connectivity index (χ2n) is 16.1. The van der Waals surface area contributed by atoms with Crippen LogP contribution in [0.2, 0.25) is 0 Å². The van der Waals surface area contributed by atoms with Crippen molar-refractivity contribution >= 4 is 60.8 Å². The van der Waals surface area contributed by atoms with Crippen molar-refractivity contribution in [2.75, 3.05) is 4.90 Å². The molecule has 0 fully saturated rings. The predicted octanol–water partition coefficient (Wildman–Crippen LogP) is 16.8. The second kappa shape index (κ2) is 15.3. The lowest BCUT2D eigenvalue weighted by Crippen LogP contribution is -2.10. The molecule has 0 atom stereocenters. The summed E-state index contributed by atoms with van der Waals surface area (Å²) in [5, 5.41) is 4.76. The summed E-state index contributed by atoms with van der Waals surface area (Å²) in [4.78, 5) is 2.36. The van der Waals surface area contributed by atoms with E-state index in [1.807, 2.05) is 12.1 Å². The van der Waals surface area contributed by atoms with E-state index in [1.165, 1.54) is 38.5 Å². The molecule has 12 aromatic rings. The smallest absolute Gasteiger partial charge is 0.143 e. The summed E-state index contributed by atoms with van der Waals surface area (Å²) < 4.78 is 8.92. The molecule has 0 aliphatic heterocycles. The molecule has 0 unspecified atom stereocenters. The first kappa shape index (κ1) is 36.5. The van der Waals surface area contributed by atoms with Gasteiger partial charge >= 0.3 is 0 Å². The van der Waals surface area contributed by atoms with Gasteiger partial charge in [0.2, 0.25) is 0 Å². The van der Waals surface area contributed by atoms with Gasteiger partial charge in [0.15, 0.2) is 0 Å². The number of fused-ring (bicyclic) bond motifs is 6. The number of anilines is 3. The van der Waals surface area contributed by atoms with Crippen LogP contribution in [-0.4, -0.2) is 4.57 Å². The Labute approximate surface area is 366 Å². The van der Waals surface area contributed by atoms with E-state index < -0.39 is 0 Å². The lowest BCUT2D eigenvalue weighted by Gasteiger charge is -2.27. The molecule has 0 N–H and O–H groups in total. The Morgan fingerprint density at radius 1 is 0.302 bits per heavy atom. The largest absolute Gasteiger partial charge is 0.455 e. The van der Waals surface area contributed by atoms with Gasteiger partial charge in [-0.2, -0.15) is 0 Å². The maximum atomic E-state index is 6.51. The fourth-order valence-electron chi connectivity index (χ4n) is 9.45. The van der Waals surface area contributed by atoms with E-state index >= 15 is 0 Å². The molecule has 63 heavy (non-hydrogen) atoms. The van der Waals surface area contributed by atoms with Crippen molar-refractivity contribution in [2.45, 2.75) is 0 Å². The molecule has 0 amide bonds. The van der Waals surface area contributed by atoms with Crippen molar-refractivity contribution in [1.82, 2.24) is 4.57 Å². The third-order valence-electron chi connectivity index (χ3n) is 12.4. The normalized spacial score (nSPS) is 11.5. The molecular formula is C60H40N2O. The first-order chi connectivity index (χ1) is 31.2. The lowest BCUT2D eigenvalue weighted by molar-refractivity contribution is 0.670. The van der Waals surface area contributed by atoms with Gasteiger partial charge in [0.05, 0.1) is 16.7 Å². The van der Waals surface area contributed by atoms with Crippen LogP contribution in [0.3, 0.4) is 0 Å². The number of benzene rings is 10. The van der Waals surface area contributed by atoms with Crippen LogP contribution in [0.1, 0.15) is 0 Å². The minimum absolute atomic E-state index is 0.897. The number of para-hydroxylation sites is 5. The first-order valence-corrected chi connectivity index (χ1v) is 21.5. The molecule has 0 spiro atoms. The van der Waals surface area contributed by atoms with Gasteiger partial charge in [0.25, 0.3) is 0 Å². The molecule has 12 rings (SSSR count). The minimum Gasteiger partial charge on any atom is -0.455 e. The number of furan rings is 1. The van der Waals surface area contributed by atoms with Gasteiger partial charge in [0.1, 0.15) is 11.2 Å². The first-order valence-electron chi connectivity index (χ1n) is 21.5. The number of rotatable bonds is 8. The molecule has 10 aromatic carbocycles. The van der Waals surface area contributed by atoms with Gasteiger partial charge in [-0.15, -0.1) is 0 Å². The van der Waals surface area contributed by atoms with Crippen molar-refractivity contribution < 1.29 is 4.42 Å². The fraction of sp³-hybridized carbons (Fsp3) is 0. The van der Waals surface area contributed by atoms with Crippen LogP contribution in [-0.2, 0) is 0 Å². The average Bonchev–Trinajstić information content (AvgIpc) is 3.91. The van der Waals surface area contributed by atoms with E-state index in [9.17, 15) is 0 Å². The van der Waals surface area contributed by atoms with Crippen molar-refractivity contribution in [2.24, 2.45) is 0 Å². The molecule has 0 saturated heterocycles. The summed E-state index contributed by atoms with van der Waals surface area (Å²) in [7, 11) is 0. The van der Waals surface area contributed by atoms with Gasteiger partial charge in [-0.1, -0.05) is 176 Å². The standard InChI is InChI=1S/C60H40N2O/c1-2-16-41(17-3-1)44-19-13-22-48(39-44)61(49-23-14-21-46(40-49)51-28-15-29-55-54-27-7-11-33-59(54)63-60(51)55)47-36-34-42(35-37-47)43-18-12-20-45(38-43)50-24-4-8-30-56(50)62-57-31-9-5-25-52(57)53-26-6-10-32-58(53)62/h1-40H. The van der Waals surface area contributed by atoms with Gasteiger partial charge < -0.3 is 13.9 Å². The van der Waals surface area contributed by atoms with Crippen LogP contribution in [0.15, 0.2) is 247 Å². The zero-order valence-corrected chi connectivity index (χ0v) is 34.4. The number of nitrogens with zero attached hydrogens (tertiary/aromatic N) is 2. The monoisotopic (exact) mass is 804 g/mol. The van der Waals surface area contributed by atoms with E-state index in [0.29, 0.717) is 0 Å². The van der Waals surface area contributed by atoms with Gasteiger partial charge in [-0.05, 0) is 100 Å². The van der Waals surface area contributed by atoms with Gasteiger partial charge in [0, 0.05) is 49.7 Å². The van der Waals surface area contributed by atoms with Crippen LogP contribution in [0.25, 0.3) is 93.9 Å². The van der Waals surface area contributed by atoms with Crippen molar-refractivity contribution in [3.8, 4) is 50.2 Å². The Hall–Kier alpha value is -8.40. The highest BCUT2D eigenvalue weighted by atomic mass is 16.3. The van der Waals surface area contributed by atoms with Crippen molar-refractivity contribution in [1.29, 1.82) is 0 Å². The van der Waals surface area contributed by atoms with E-state index in [2.05, 4.69) is 240 Å². The zero-order chi connectivity index (χ0) is 41.7. The topological polar surface area (TPSA) is 21.3 Å². The molecule has 0 bridgehead atoms. The molecule has 296 valence electrons. The summed E-state index contributed by atoms with van der Waals surface area (Å²) in [6, 6.07) is 87.1. The van der Waals surface area contributed by atoms with Crippen LogP contribution < -0.4 is 4.90 Å². The number of aromatic nitrogens is 1. The second-order valence-corrected chi connectivity index (χ2v) is 16.1. The summed E-state index contributed by atoms with van der Waals surface area (Å²) in [5.74, 6) is 0. The Morgan fingerprint density at radius 2 is 0.794 bits per heavy atom.